The SMILES string of the molecule is C=C(CCN1CCC(F)(F)CC1)n1cc(-c2cnc(N)c(OC(F)(F)F)c2)nc1C=O. The molecule has 31 heavy (non-hydrogen) atoms. The zero-order chi connectivity index (χ0) is 22.8. The molecule has 12 heteroatoms. The lowest BCUT2D eigenvalue weighted by Gasteiger charge is -2.31. The van der Waals surface area contributed by atoms with Crippen LogP contribution in [-0.4, -0.2) is 57.6 Å². The number of ether oxygens (including phenoxy) is 1. The van der Waals surface area contributed by atoms with Crippen molar-refractivity contribution in [3.05, 3.63) is 30.9 Å². The fraction of sp³-hybridized carbons (Fsp3) is 0.421. The first kappa shape index (κ1) is 22.7. The Hall–Kier alpha value is -3.02. The van der Waals surface area contributed by atoms with Gasteiger partial charge in [-0.05, 0) is 6.07 Å². The van der Waals surface area contributed by atoms with Crippen LogP contribution in [0.3, 0.4) is 0 Å². The summed E-state index contributed by atoms with van der Waals surface area (Å²) in [4.78, 5) is 21.1. The summed E-state index contributed by atoms with van der Waals surface area (Å²) in [5.41, 5.74) is 6.23. The highest BCUT2D eigenvalue weighted by atomic mass is 19.4. The third kappa shape index (κ3) is 5.78. The van der Waals surface area contributed by atoms with Gasteiger partial charge < -0.3 is 19.9 Å². The third-order valence-electron chi connectivity index (χ3n) is 4.89. The minimum Gasteiger partial charge on any atom is -0.402 e. The Kier molecular flexibility index (Phi) is 6.30. The minimum atomic E-state index is -4.95. The van der Waals surface area contributed by atoms with Crippen LogP contribution >= 0.6 is 0 Å². The average Bonchev–Trinajstić information content (AvgIpc) is 3.12. The molecule has 0 bridgehead atoms. The number of pyridine rings is 1. The van der Waals surface area contributed by atoms with Gasteiger partial charge in [-0.1, -0.05) is 6.58 Å². The Labute approximate surface area is 174 Å². The van der Waals surface area contributed by atoms with Crippen molar-refractivity contribution in [2.45, 2.75) is 31.5 Å². The number of carbonyl (C=O) groups is 1. The number of carbonyl (C=O) groups excluding carboxylic acids is 1. The highest BCUT2D eigenvalue weighted by Gasteiger charge is 2.34. The summed E-state index contributed by atoms with van der Waals surface area (Å²) in [6.45, 7) is 4.90. The lowest BCUT2D eigenvalue weighted by molar-refractivity contribution is -0.274. The van der Waals surface area contributed by atoms with E-state index in [0.29, 0.717) is 24.9 Å². The summed E-state index contributed by atoms with van der Waals surface area (Å²) in [5.74, 6) is -3.79. The topological polar surface area (TPSA) is 86.3 Å². The molecule has 1 aliphatic rings. The standard InChI is InChI=1S/C19H20F5N5O2/c1-12(2-5-28-6-3-18(20,21)4-7-28)29-10-14(27-16(29)11-30)13-8-15(17(25)26-9-13)31-19(22,23)24/h8-11H,1-7H2,(H2,25,26). The van der Waals surface area contributed by atoms with Crippen molar-refractivity contribution in [3.63, 3.8) is 0 Å². The molecule has 0 saturated carbocycles. The summed E-state index contributed by atoms with van der Waals surface area (Å²) in [6.07, 6.45) is -1.87. The second-order valence-electron chi connectivity index (χ2n) is 7.14. The summed E-state index contributed by atoms with van der Waals surface area (Å²) < 4.78 is 69.4. The number of hydrogen-bond acceptors (Lipinski definition) is 6. The van der Waals surface area contributed by atoms with Crippen molar-refractivity contribution < 1.29 is 31.5 Å². The lowest BCUT2D eigenvalue weighted by atomic mass is 10.1. The highest BCUT2D eigenvalue weighted by molar-refractivity contribution is 5.75. The Morgan fingerprint density at radius 1 is 1.32 bits per heavy atom. The van der Waals surface area contributed by atoms with E-state index in [-0.39, 0.29) is 43.0 Å². The second-order valence-corrected chi connectivity index (χ2v) is 7.14. The number of nitrogens with two attached hydrogens (primary N) is 1. The van der Waals surface area contributed by atoms with Crippen molar-refractivity contribution in [2.75, 3.05) is 25.4 Å². The molecule has 0 aromatic carbocycles. The van der Waals surface area contributed by atoms with Gasteiger partial charge in [0.25, 0.3) is 5.92 Å². The lowest BCUT2D eigenvalue weighted by Crippen LogP contribution is -2.39. The van der Waals surface area contributed by atoms with Crippen LogP contribution in [0.15, 0.2) is 25.0 Å². The number of alkyl halides is 5. The molecule has 168 valence electrons. The van der Waals surface area contributed by atoms with Crippen molar-refractivity contribution >= 4 is 17.8 Å². The van der Waals surface area contributed by atoms with Crippen LogP contribution in [0.5, 0.6) is 5.75 Å². The average molecular weight is 445 g/mol. The number of aromatic nitrogens is 3. The van der Waals surface area contributed by atoms with Gasteiger partial charge in [0.2, 0.25) is 0 Å². The highest BCUT2D eigenvalue weighted by Crippen LogP contribution is 2.32. The molecule has 2 aromatic heterocycles. The van der Waals surface area contributed by atoms with E-state index >= 15 is 0 Å². The minimum absolute atomic E-state index is 0.0136. The van der Waals surface area contributed by atoms with E-state index in [1.807, 2.05) is 4.90 Å². The maximum absolute atomic E-state index is 13.3. The second kappa shape index (κ2) is 8.61. The van der Waals surface area contributed by atoms with Crippen LogP contribution in [0.25, 0.3) is 17.0 Å². The number of anilines is 1. The molecular weight excluding hydrogens is 425 g/mol. The third-order valence-corrected chi connectivity index (χ3v) is 4.89. The molecular formula is C19H20F5N5O2. The van der Waals surface area contributed by atoms with Crippen LogP contribution in [0.4, 0.5) is 27.8 Å². The van der Waals surface area contributed by atoms with Crippen molar-refractivity contribution in [1.82, 2.24) is 19.4 Å². The number of rotatable bonds is 7. The monoisotopic (exact) mass is 445 g/mol. The molecule has 0 atom stereocenters. The van der Waals surface area contributed by atoms with E-state index in [9.17, 15) is 26.7 Å². The Morgan fingerprint density at radius 2 is 2.00 bits per heavy atom. The van der Waals surface area contributed by atoms with Gasteiger partial charge in [0.1, 0.15) is 0 Å². The predicted molar refractivity (Wildman–Crippen MR) is 103 cm³/mol. The molecule has 0 amide bonds. The van der Waals surface area contributed by atoms with Crippen molar-refractivity contribution in [3.8, 4) is 17.0 Å². The fourth-order valence-electron chi connectivity index (χ4n) is 3.18. The number of aldehydes is 1. The number of imidazole rings is 1. The number of nitrogens with zero attached hydrogens (tertiary/aromatic N) is 4. The summed E-state index contributed by atoms with van der Waals surface area (Å²) in [5, 5.41) is 0. The van der Waals surface area contributed by atoms with E-state index in [1.165, 1.54) is 17.0 Å². The van der Waals surface area contributed by atoms with Gasteiger partial charge in [-0.2, -0.15) is 0 Å². The number of piperidine rings is 1. The maximum Gasteiger partial charge on any atom is 0.573 e. The zero-order valence-electron chi connectivity index (χ0n) is 16.3. The van der Waals surface area contributed by atoms with Gasteiger partial charge in [0, 0.05) is 62.6 Å². The molecule has 0 aliphatic carbocycles. The van der Waals surface area contributed by atoms with Crippen LogP contribution < -0.4 is 10.5 Å². The van der Waals surface area contributed by atoms with Crippen LogP contribution in [0, 0.1) is 0 Å². The van der Waals surface area contributed by atoms with Crippen molar-refractivity contribution in [2.24, 2.45) is 0 Å². The van der Waals surface area contributed by atoms with Crippen LogP contribution in [0.2, 0.25) is 0 Å². The molecule has 7 nitrogen and oxygen atoms in total. The van der Waals surface area contributed by atoms with E-state index in [2.05, 4.69) is 21.3 Å². The van der Waals surface area contributed by atoms with Crippen molar-refractivity contribution in [1.29, 1.82) is 0 Å². The fourth-order valence-corrected chi connectivity index (χ4v) is 3.18. The van der Waals surface area contributed by atoms with E-state index < -0.39 is 23.9 Å². The summed E-state index contributed by atoms with van der Waals surface area (Å²) in [6, 6.07) is 1.02. The molecule has 2 N–H and O–H groups in total. The molecule has 1 fully saturated rings. The van der Waals surface area contributed by atoms with Gasteiger partial charge in [-0.15, -0.1) is 13.2 Å². The first-order chi connectivity index (χ1) is 14.5. The van der Waals surface area contributed by atoms with E-state index in [4.69, 9.17) is 5.73 Å². The largest absolute Gasteiger partial charge is 0.573 e. The van der Waals surface area contributed by atoms with E-state index in [0.717, 1.165) is 6.07 Å². The van der Waals surface area contributed by atoms with Gasteiger partial charge in [-0.25, -0.2) is 18.7 Å². The first-order valence-corrected chi connectivity index (χ1v) is 9.32. The maximum atomic E-state index is 13.3. The Bertz CT molecular complexity index is 963. The van der Waals surface area contributed by atoms with Gasteiger partial charge in [0.15, 0.2) is 23.7 Å². The molecule has 1 saturated heterocycles. The molecule has 3 rings (SSSR count). The predicted octanol–water partition coefficient (Wildman–Crippen LogP) is 3.83. The molecule has 1 aliphatic heterocycles. The van der Waals surface area contributed by atoms with Gasteiger partial charge >= 0.3 is 6.36 Å². The molecule has 3 heterocycles. The molecule has 0 radical (unpaired) electrons. The Balaban J connectivity index is 1.74. The molecule has 2 aromatic rings. The zero-order valence-corrected chi connectivity index (χ0v) is 16.3. The number of halogens is 5. The summed E-state index contributed by atoms with van der Waals surface area (Å²) >= 11 is 0. The molecule has 0 spiro atoms. The number of likely N-dealkylation sites (tertiary alicyclic amines) is 1. The van der Waals surface area contributed by atoms with Crippen LogP contribution in [0.1, 0.15) is 29.9 Å². The number of nitrogen functional groups attached to an aromatic ring is 1. The first-order valence-electron chi connectivity index (χ1n) is 9.32. The Morgan fingerprint density at radius 3 is 2.61 bits per heavy atom. The van der Waals surface area contributed by atoms with Gasteiger partial charge in [0.05, 0.1) is 5.69 Å². The smallest absolute Gasteiger partial charge is 0.402 e. The quantitative estimate of drug-likeness (QED) is 0.515. The summed E-state index contributed by atoms with van der Waals surface area (Å²) in [7, 11) is 0. The normalized spacial score (nSPS) is 16.8. The van der Waals surface area contributed by atoms with E-state index in [1.54, 1.807) is 0 Å². The van der Waals surface area contributed by atoms with Crippen LogP contribution in [-0.2, 0) is 0 Å². The number of hydrogen-bond donors (Lipinski definition) is 1. The van der Waals surface area contributed by atoms with Gasteiger partial charge in [-0.3, -0.25) is 4.79 Å². The molecule has 0 unspecified atom stereocenters.